The average Bonchev–Trinajstić information content (AvgIpc) is 2.70. The molecule has 1 nitrogen and oxygen atoms in total. The van der Waals surface area contributed by atoms with Crippen LogP contribution in [0.5, 0.6) is 0 Å². The molecule has 0 amide bonds. The number of hydrogen-bond acceptors (Lipinski definition) is 1. The third kappa shape index (κ3) is 1.81. The van der Waals surface area contributed by atoms with Gasteiger partial charge in [-0.05, 0) is 60.5 Å². The van der Waals surface area contributed by atoms with E-state index in [1.54, 1.807) is 11.1 Å². The van der Waals surface area contributed by atoms with E-state index in [-0.39, 0.29) is 0 Å². The quantitative estimate of drug-likeness (QED) is 0.799. The summed E-state index contributed by atoms with van der Waals surface area (Å²) in [6, 6.07) is 16.5. The van der Waals surface area contributed by atoms with Gasteiger partial charge < -0.3 is 5.32 Å². The number of nitrogens with one attached hydrogen (secondary N) is 1. The van der Waals surface area contributed by atoms with Crippen LogP contribution in [0.2, 0.25) is 0 Å². The summed E-state index contributed by atoms with van der Waals surface area (Å²) in [7, 11) is 0. The molecule has 2 aliphatic rings. The molecule has 1 aliphatic heterocycles. The van der Waals surface area contributed by atoms with E-state index in [1.807, 2.05) is 0 Å². The SMILES string of the molecule is Cc1cccc(-c2ccc3c(c2)[C@H]2CC3CCN2)c1. The molecule has 2 aromatic rings. The standard InChI is InChI=1S/C18H19N/c1-12-3-2-4-13(9-12)14-5-6-16-15-7-8-19-18(11-15)17(16)10-14/h2-6,9-10,15,18-19H,7-8,11H2,1H3/t15?,18-/m1/s1. The van der Waals surface area contributed by atoms with Crippen molar-refractivity contribution in [3.8, 4) is 11.1 Å². The molecule has 0 saturated carbocycles. The summed E-state index contributed by atoms with van der Waals surface area (Å²) in [5.74, 6) is 0.799. The van der Waals surface area contributed by atoms with E-state index in [2.05, 4.69) is 54.7 Å². The maximum absolute atomic E-state index is 3.66. The zero-order valence-corrected chi connectivity index (χ0v) is 11.3. The van der Waals surface area contributed by atoms with Crippen molar-refractivity contribution >= 4 is 0 Å². The molecule has 1 unspecified atom stereocenters. The Morgan fingerprint density at radius 3 is 2.79 bits per heavy atom. The molecule has 2 aromatic carbocycles. The predicted octanol–water partition coefficient (Wildman–Crippen LogP) is 4.18. The zero-order valence-electron chi connectivity index (χ0n) is 11.3. The summed E-state index contributed by atoms with van der Waals surface area (Å²) in [6.45, 7) is 3.33. The summed E-state index contributed by atoms with van der Waals surface area (Å²) in [6.07, 6.45) is 2.60. The number of rotatable bonds is 1. The Kier molecular flexibility index (Phi) is 2.49. The van der Waals surface area contributed by atoms with Crippen LogP contribution in [-0.2, 0) is 0 Å². The zero-order chi connectivity index (χ0) is 12.8. The van der Waals surface area contributed by atoms with E-state index in [4.69, 9.17) is 0 Å². The van der Waals surface area contributed by atoms with Crippen LogP contribution in [0, 0.1) is 6.92 Å². The maximum atomic E-state index is 3.66. The van der Waals surface area contributed by atoms with Crippen molar-refractivity contribution in [3.05, 3.63) is 59.2 Å². The minimum atomic E-state index is 0.596. The van der Waals surface area contributed by atoms with Crippen LogP contribution in [-0.4, -0.2) is 6.54 Å². The van der Waals surface area contributed by atoms with E-state index < -0.39 is 0 Å². The summed E-state index contributed by atoms with van der Waals surface area (Å²) in [4.78, 5) is 0. The first-order chi connectivity index (χ1) is 9.31. The molecule has 19 heavy (non-hydrogen) atoms. The second-order valence-electron chi connectivity index (χ2n) is 5.94. The summed E-state index contributed by atoms with van der Waals surface area (Å²) < 4.78 is 0. The first-order valence-electron chi connectivity index (χ1n) is 7.25. The largest absolute Gasteiger partial charge is 0.310 e. The molecule has 2 atom stereocenters. The molecule has 1 aliphatic carbocycles. The van der Waals surface area contributed by atoms with Crippen molar-refractivity contribution in [2.24, 2.45) is 0 Å². The Morgan fingerprint density at radius 2 is 1.89 bits per heavy atom. The van der Waals surface area contributed by atoms with Crippen molar-refractivity contribution in [1.29, 1.82) is 0 Å². The Bertz CT molecular complexity index is 629. The van der Waals surface area contributed by atoms with Gasteiger partial charge in [0.25, 0.3) is 0 Å². The van der Waals surface area contributed by atoms with Gasteiger partial charge in [-0.3, -0.25) is 0 Å². The van der Waals surface area contributed by atoms with Gasteiger partial charge in [0.05, 0.1) is 0 Å². The first kappa shape index (κ1) is 11.2. The second-order valence-corrected chi connectivity index (χ2v) is 5.94. The van der Waals surface area contributed by atoms with E-state index >= 15 is 0 Å². The molecule has 96 valence electrons. The van der Waals surface area contributed by atoms with E-state index in [1.165, 1.54) is 36.1 Å². The van der Waals surface area contributed by atoms with Crippen LogP contribution in [0.15, 0.2) is 42.5 Å². The van der Waals surface area contributed by atoms with Crippen LogP contribution >= 0.6 is 0 Å². The van der Waals surface area contributed by atoms with Gasteiger partial charge in [0, 0.05) is 6.04 Å². The van der Waals surface area contributed by atoms with Gasteiger partial charge in [-0.1, -0.05) is 42.0 Å². The minimum Gasteiger partial charge on any atom is -0.310 e. The molecular formula is C18H19N. The van der Waals surface area contributed by atoms with Crippen LogP contribution < -0.4 is 5.32 Å². The first-order valence-corrected chi connectivity index (χ1v) is 7.25. The highest BCUT2D eigenvalue weighted by molar-refractivity contribution is 5.66. The van der Waals surface area contributed by atoms with Gasteiger partial charge in [-0.2, -0.15) is 0 Å². The number of piperidine rings is 1. The number of hydrogen-bond donors (Lipinski definition) is 1. The van der Waals surface area contributed by atoms with E-state index in [9.17, 15) is 0 Å². The van der Waals surface area contributed by atoms with Crippen molar-refractivity contribution in [2.45, 2.75) is 31.7 Å². The molecule has 1 saturated heterocycles. The van der Waals surface area contributed by atoms with Crippen LogP contribution in [0.3, 0.4) is 0 Å². The lowest BCUT2D eigenvalue weighted by Gasteiger charge is -2.20. The van der Waals surface area contributed by atoms with Crippen molar-refractivity contribution in [1.82, 2.24) is 5.32 Å². The second kappa shape index (κ2) is 4.21. The van der Waals surface area contributed by atoms with Crippen LogP contribution in [0.25, 0.3) is 11.1 Å². The summed E-state index contributed by atoms with van der Waals surface area (Å²) in [5, 5.41) is 3.66. The van der Waals surface area contributed by atoms with Crippen LogP contribution in [0.4, 0.5) is 0 Å². The number of aryl methyl sites for hydroxylation is 1. The lowest BCUT2D eigenvalue weighted by molar-refractivity contribution is 0.410. The fraction of sp³-hybridized carbons (Fsp3) is 0.333. The third-order valence-corrected chi connectivity index (χ3v) is 4.66. The van der Waals surface area contributed by atoms with E-state index in [0.717, 1.165) is 5.92 Å². The average molecular weight is 249 g/mol. The van der Waals surface area contributed by atoms with Crippen LogP contribution in [0.1, 0.15) is 41.5 Å². The molecule has 1 heterocycles. The molecule has 1 N–H and O–H groups in total. The fourth-order valence-electron chi connectivity index (χ4n) is 3.69. The smallest absolute Gasteiger partial charge is 0.0329 e. The van der Waals surface area contributed by atoms with Gasteiger partial charge in [-0.15, -0.1) is 0 Å². The molecule has 0 aromatic heterocycles. The Morgan fingerprint density at radius 1 is 1.00 bits per heavy atom. The molecule has 1 fully saturated rings. The molecule has 2 bridgehead atoms. The lowest BCUT2D eigenvalue weighted by Crippen LogP contribution is -2.25. The Hall–Kier alpha value is -1.60. The maximum Gasteiger partial charge on any atom is 0.0329 e. The molecule has 0 spiro atoms. The normalized spacial score (nSPS) is 24.3. The van der Waals surface area contributed by atoms with Gasteiger partial charge in [0.15, 0.2) is 0 Å². The van der Waals surface area contributed by atoms with Gasteiger partial charge in [-0.25, -0.2) is 0 Å². The molecule has 0 radical (unpaired) electrons. The summed E-state index contributed by atoms with van der Waals surface area (Å²) in [5.41, 5.74) is 7.16. The molecular weight excluding hydrogens is 230 g/mol. The Balaban J connectivity index is 1.81. The van der Waals surface area contributed by atoms with Gasteiger partial charge >= 0.3 is 0 Å². The highest BCUT2D eigenvalue weighted by Gasteiger charge is 2.33. The molecule has 4 rings (SSSR count). The van der Waals surface area contributed by atoms with Gasteiger partial charge in [0.2, 0.25) is 0 Å². The monoisotopic (exact) mass is 249 g/mol. The third-order valence-electron chi connectivity index (χ3n) is 4.66. The molecule has 1 heteroatoms. The number of fused-ring (bicyclic) bond motifs is 5. The topological polar surface area (TPSA) is 12.0 Å². The summed E-state index contributed by atoms with van der Waals surface area (Å²) >= 11 is 0. The van der Waals surface area contributed by atoms with Crippen molar-refractivity contribution in [2.75, 3.05) is 6.54 Å². The minimum absolute atomic E-state index is 0.596. The highest BCUT2D eigenvalue weighted by Crippen LogP contribution is 2.45. The Labute approximate surface area is 114 Å². The van der Waals surface area contributed by atoms with Crippen molar-refractivity contribution < 1.29 is 0 Å². The van der Waals surface area contributed by atoms with Crippen molar-refractivity contribution in [3.63, 3.8) is 0 Å². The predicted molar refractivity (Wildman–Crippen MR) is 79.3 cm³/mol. The lowest BCUT2D eigenvalue weighted by atomic mass is 9.95. The number of benzene rings is 2. The highest BCUT2D eigenvalue weighted by atomic mass is 14.9. The van der Waals surface area contributed by atoms with E-state index in [0.29, 0.717) is 6.04 Å². The van der Waals surface area contributed by atoms with Gasteiger partial charge in [0.1, 0.15) is 0 Å². The fourth-order valence-corrected chi connectivity index (χ4v) is 3.69.